The summed E-state index contributed by atoms with van der Waals surface area (Å²) in [5.41, 5.74) is 2.95. The van der Waals surface area contributed by atoms with Crippen LogP contribution in [-0.4, -0.2) is 44.2 Å². The molecule has 2 aromatic heterocycles. The van der Waals surface area contributed by atoms with Gasteiger partial charge in [-0.15, -0.1) is 0 Å². The number of carbonyl (C=O) groups excluding carboxylic acids is 1. The number of hydrogen-bond donors (Lipinski definition) is 4. The van der Waals surface area contributed by atoms with Crippen LogP contribution in [-0.2, 0) is 11.3 Å². The van der Waals surface area contributed by atoms with Crippen molar-refractivity contribution < 1.29 is 9.90 Å². The summed E-state index contributed by atoms with van der Waals surface area (Å²) < 4.78 is 0. The van der Waals surface area contributed by atoms with Gasteiger partial charge in [0.2, 0.25) is 5.91 Å². The second-order valence-electron chi connectivity index (χ2n) is 8.54. The van der Waals surface area contributed by atoms with E-state index in [4.69, 9.17) is 0 Å². The molecule has 0 saturated heterocycles. The van der Waals surface area contributed by atoms with E-state index in [-0.39, 0.29) is 23.9 Å². The number of hydrogen-bond acceptors (Lipinski definition) is 5. The van der Waals surface area contributed by atoms with Crippen LogP contribution in [0, 0.1) is 5.92 Å². The highest BCUT2D eigenvalue weighted by atomic mass is 16.3. The van der Waals surface area contributed by atoms with Gasteiger partial charge < -0.3 is 20.7 Å². The van der Waals surface area contributed by atoms with Gasteiger partial charge in [0.25, 0.3) is 0 Å². The summed E-state index contributed by atoms with van der Waals surface area (Å²) in [5.74, 6) is 0.0309. The Morgan fingerprint density at radius 2 is 1.90 bits per heavy atom. The molecule has 0 radical (unpaired) electrons. The third kappa shape index (κ3) is 4.38. The Morgan fingerprint density at radius 3 is 2.65 bits per heavy atom. The van der Waals surface area contributed by atoms with Gasteiger partial charge in [-0.1, -0.05) is 30.3 Å². The molecule has 2 heterocycles. The number of aromatic nitrogens is 3. The first kappa shape index (κ1) is 19.9. The normalized spacial score (nSPS) is 25.5. The fraction of sp³-hybridized carbons (Fsp3) is 0.375. The Kier molecular flexibility index (Phi) is 5.53. The zero-order valence-electron chi connectivity index (χ0n) is 17.2. The molecule has 4 N–H and O–H groups in total. The molecule has 0 spiro atoms. The van der Waals surface area contributed by atoms with Gasteiger partial charge in [-0.3, -0.25) is 9.78 Å². The van der Waals surface area contributed by atoms with Crippen LogP contribution < -0.4 is 10.6 Å². The van der Waals surface area contributed by atoms with Gasteiger partial charge in [-0.25, -0.2) is 4.98 Å². The number of rotatable bonds is 7. The lowest BCUT2D eigenvalue weighted by molar-refractivity contribution is -0.127. The molecule has 1 aromatic carbocycles. The average molecular weight is 418 g/mol. The number of nitrogens with zero attached hydrogens (tertiary/aromatic N) is 2. The van der Waals surface area contributed by atoms with E-state index in [1.807, 2.05) is 42.5 Å². The van der Waals surface area contributed by atoms with Crippen LogP contribution in [0.4, 0.5) is 0 Å². The van der Waals surface area contributed by atoms with Crippen LogP contribution in [0.5, 0.6) is 0 Å². The van der Waals surface area contributed by atoms with Crippen molar-refractivity contribution in [3.8, 4) is 11.4 Å². The van der Waals surface area contributed by atoms with E-state index >= 15 is 0 Å². The maximum absolute atomic E-state index is 12.8. The first-order valence-electron chi connectivity index (χ1n) is 10.9. The molecule has 2 aliphatic rings. The van der Waals surface area contributed by atoms with Crippen molar-refractivity contribution >= 4 is 5.91 Å². The van der Waals surface area contributed by atoms with E-state index in [0.717, 1.165) is 35.5 Å². The summed E-state index contributed by atoms with van der Waals surface area (Å²) >= 11 is 0. The Hall–Kier alpha value is -3.03. The molecule has 4 atom stereocenters. The van der Waals surface area contributed by atoms with Crippen molar-refractivity contribution in [1.29, 1.82) is 0 Å². The monoisotopic (exact) mass is 417 g/mol. The largest absolute Gasteiger partial charge is 0.392 e. The van der Waals surface area contributed by atoms with Crippen molar-refractivity contribution in [3.05, 3.63) is 72.3 Å². The van der Waals surface area contributed by atoms with Gasteiger partial charge in [0.05, 0.1) is 12.0 Å². The van der Waals surface area contributed by atoms with Crippen molar-refractivity contribution in [1.82, 2.24) is 25.6 Å². The van der Waals surface area contributed by atoms with E-state index in [9.17, 15) is 9.90 Å². The van der Waals surface area contributed by atoms with E-state index in [2.05, 4.69) is 25.6 Å². The minimum absolute atomic E-state index is 0.0454. The van der Waals surface area contributed by atoms with Crippen molar-refractivity contribution in [3.63, 3.8) is 0 Å². The predicted octanol–water partition coefficient (Wildman–Crippen LogP) is 2.37. The summed E-state index contributed by atoms with van der Waals surface area (Å²) in [4.78, 5) is 24.8. The lowest BCUT2D eigenvalue weighted by Gasteiger charge is -2.22. The molecule has 3 aromatic rings. The predicted molar refractivity (Wildman–Crippen MR) is 117 cm³/mol. The molecule has 2 aliphatic carbocycles. The fourth-order valence-electron chi connectivity index (χ4n) is 4.45. The highest BCUT2D eigenvalue weighted by Gasteiger charge is 2.47. The Balaban J connectivity index is 1.38. The van der Waals surface area contributed by atoms with Gasteiger partial charge in [0, 0.05) is 54.4 Å². The zero-order valence-corrected chi connectivity index (χ0v) is 17.2. The number of carbonyl (C=O) groups is 1. The summed E-state index contributed by atoms with van der Waals surface area (Å²) in [7, 11) is 0. The first-order valence-corrected chi connectivity index (χ1v) is 10.9. The maximum Gasteiger partial charge on any atom is 0.226 e. The molecule has 7 nitrogen and oxygen atoms in total. The number of nitrogens with one attached hydrogen (secondary N) is 3. The van der Waals surface area contributed by atoms with E-state index < -0.39 is 12.0 Å². The van der Waals surface area contributed by atoms with Crippen LogP contribution in [0.1, 0.15) is 36.4 Å². The van der Waals surface area contributed by atoms with Crippen LogP contribution >= 0.6 is 0 Å². The quantitative estimate of drug-likeness (QED) is 0.473. The minimum Gasteiger partial charge on any atom is -0.392 e. The van der Waals surface area contributed by atoms with Gasteiger partial charge in [0.15, 0.2) is 0 Å². The van der Waals surface area contributed by atoms with E-state index in [1.54, 1.807) is 18.6 Å². The summed E-state index contributed by atoms with van der Waals surface area (Å²) in [5, 5.41) is 17.8. The second-order valence-corrected chi connectivity index (χ2v) is 8.54. The number of H-pyrrole nitrogens is 1. The first-order chi connectivity index (χ1) is 15.2. The van der Waals surface area contributed by atoms with Gasteiger partial charge in [-0.2, -0.15) is 0 Å². The molecule has 7 heteroatoms. The number of imidazole rings is 1. The number of aliphatic hydroxyl groups is 1. The lowest BCUT2D eigenvalue weighted by atomic mass is 9.96. The number of pyridine rings is 1. The summed E-state index contributed by atoms with van der Waals surface area (Å²) in [6, 6.07) is 14.1. The standard InChI is InChI=1S/C24H27N5O2/c30-22-18(24(31)28-17-6-7-17)12-19(26-13-15-8-10-25-11-9-15)21(22)20-14-27-23(29-20)16-4-2-1-3-5-16/h1-5,8-11,14,17-19,21-22,26,30H,6-7,12-13H2,(H,27,29)(H,28,31)/t18-,19+,21+,22+/m0/s1. The number of benzene rings is 1. The Bertz CT molecular complexity index is 1020. The molecular weight excluding hydrogens is 390 g/mol. The molecule has 2 fully saturated rings. The maximum atomic E-state index is 12.8. The van der Waals surface area contributed by atoms with Crippen molar-refractivity contribution in [2.45, 2.75) is 49.9 Å². The molecule has 31 heavy (non-hydrogen) atoms. The third-order valence-electron chi connectivity index (χ3n) is 6.30. The number of amides is 1. The second kappa shape index (κ2) is 8.61. The van der Waals surface area contributed by atoms with Crippen molar-refractivity contribution in [2.75, 3.05) is 0 Å². The van der Waals surface area contributed by atoms with Crippen LogP contribution in [0.2, 0.25) is 0 Å². The van der Waals surface area contributed by atoms with Crippen LogP contribution in [0.15, 0.2) is 61.1 Å². The SMILES string of the molecule is O=C(NC1CC1)[C@H]1C[C@@H](NCc2ccncc2)[C@H](c2cnc(-c3ccccc3)[nH]2)[C@@H]1O. The molecule has 0 unspecified atom stereocenters. The fourth-order valence-corrected chi connectivity index (χ4v) is 4.45. The van der Waals surface area contributed by atoms with Gasteiger partial charge in [0.1, 0.15) is 5.82 Å². The van der Waals surface area contributed by atoms with Crippen molar-refractivity contribution in [2.24, 2.45) is 5.92 Å². The molecule has 1 amide bonds. The lowest BCUT2D eigenvalue weighted by Crippen LogP contribution is -2.37. The van der Waals surface area contributed by atoms with Crippen LogP contribution in [0.25, 0.3) is 11.4 Å². The summed E-state index contributed by atoms with van der Waals surface area (Å²) in [6.07, 6.45) is 7.19. The van der Waals surface area contributed by atoms with Gasteiger partial charge >= 0.3 is 0 Å². The number of aromatic amines is 1. The summed E-state index contributed by atoms with van der Waals surface area (Å²) in [6.45, 7) is 0.646. The molecule has 0 aliphatic heterocycles. The van der Waals surface area contributed by atoms with Gasteiger partial charge in [-0.05, 0) is 37.0 Å². The third-order valence-corrected chi connectivity index (χ3v) is 6.30. The minimum atomic E-state index is -0.780. The Morgan fingerprint density at radius 1 is 1.13 bits per heavy atom. The van der Waals surface area contributed by atoms with Crippen LogP contribution in [0.3, 0.4) is 0 Å². The smallest absolute Gasteiger partial charge is 0.226 e. The molecule has 2 saturated carbocycles. The molecular formula is C24H27N5O2. The average Bonchev–Trinajstić information content (AvgIpc) is 3.37. The highest BCUT2D eigenvalue weighted by Crippen LogP contribution is 2.39. The van der Waals surface area contributed by atoms with E-state index in [1.165, 1.54) is 0 Å². The number of aliphatic hydroxyl groups excluding tert-OH is 1. The molecule has 160 valence electrons. The highest BCUT2D eigenvalue weighted by molar-refractivity contribution is 5.80. The Labute approximate surface area is 181 Å². The molecule has 0 bridgehead atoms. The zero-order chi connectivity index (χ0) is 21.2. The van der Waals surface area contributed by atoms with E-state index in [0.29, 0.717) is 13.0 Å². The topological polar surface area (TPSA) is 103 Å². The molecule has 5 rings (SSSR count).